The Morgan fingerprint density at radius 3 is 1.18 bits per heavy atom. The molecule has 0 heterocycles. The minimum Gasteiger partial charge on any atom is -0.379 e. The molecule has 0 fully saturated rings. The summed E-state index contributed by atoms with van der Waals surface area (Å²) in [7, 11) is -10.7. The Hall–Kier alpha value is -1.85. The van der Waals surface area contributed by atoms with Crippen LogP contribution in [0.3, 0.4) is 0 Å². The van der Waals surface area contributed by atoms with Crippen molar-refractivity contribution in [3.8, 4) is 0 Å². The molecule has 0 aromatic carbocycles. The molecule has 0 aliphatic rings. The molecule has 0 aromatic heterocycles. The summed E-state index contributed by atoms with van der Waals surface area (Å²) in [4.78, 5) is 0. The average molecular weight is 1010 g/mol. The summed E-state index contributed by atoms with van der Waals surface area (Å²) in [5, 5.41) is 0. The van der Waals surface area contributed by atoms with Gasteiger partial charge in [-0.25, -0.2) is 16.8 Å². The van der Waals surface area contributed by atoms with Crippen molar-refractivity contribution < 1.29 is 142 Å². The third-order valence-corrected chi connectivity index (χ3v) is 11.0. The first-order chi connectivity index (χ1) is 27.3. The highest BCUT2D eigenvalue weighted by Gasteiger charge is 2.77. The molecule has 62 heavy (non-hydrogen) atoms. The van der Waals surface area contributed by atoms with E-state index in [1.54, 1.807) is 0 Å². The zero-order valence-electron chi connectivity index (χ0n) is 31.7. The van der Waals surface area contributed by atoms with Gasteiger partial charge >= 0.3 is 54.8 Å². The second-order valence-electron chi connectivity index (χ2n) is 13.3. The van der Waals surface area contributed by atoms with Crippen molar-refractivity contribution >= 4 is 19.7 Å². The van der Waals surface area contributed by atoms with Crippen LogP contribution >= 0.6 is 0 Å². The number of sulfone groups is 2. The quantitative estimate of drug-likeness (QED) is 0.0608. The minimum atomic E-state index is -7.15. The zero-order chi connectivity index (χ0) is 49.4. The molecule has 7 atom stereocenters. The molecule has 0 aromatic rings. The summed E-state index contributed by atoms with van der Waals surface area (Å²) in [5.41, 5.74) is 0. The lowest BCUT2D eigenvalue weighted by Gasteiger charge is -2.36. The number of halogens is 21. The van der Waals surface area contributed by atoms with Crippen LogP contribution in [0.15, 0.2) is 0 Å². The smallest absolute Gasteiger partial charge is 0.379 e. The number of ether oxygens (including phenoxy) is 7. The molecule has 374 valence electrons. The van der Waals surface area contributed by atoms with E-state index in [9.17, 15) is 109 Å². The Morgan fingerprint density at radius 1 is 0.484 bits per heavy atom. The standard InChI is InChI=1S/C28H37F21O11S2/c1-15(10-61(50,51)13-19(22(35,36)37)60-28(48,49)24(39,26(43,44)45)58-14-20(29,30)31)7-55-5-6-56-9-17(3)57-8-16(2)11-62(52,53)12-18(21(32,33)34)59-27(46,47)23(38,54-4)25(40,41)42/h15-19H,5-14H2,1-4H3. The lowest BCUT2D eigenvalue weighted by Crippen LogP contribution is -2.61. The monoisotopic (exact) mass is 1010 g/mol. The maximum absolute atomic E-state index is 14.2. The van der Waals surface area contributed by atoms with Crippen LogP contribution in [0.5, 0.6) is 0 Å². The minimum absolute atomic E-state index is 0.271. The average Bonchev–Trinajstić information content (AvgIpc) is 3.03. The predicted molar refractivity (Wildman–Crippen MR) is 163 cm³/mol. The number of rotatable bonds is 27. The summed E-state index contributed by atoms with van der Waals surface area (Å²) in [6.07, 6.45) is -54.9. The molecule has 0 spiro atoms. The van der Waals surface area contributed by atoms with Crippen molar-refractivity contribution in [1.82, 2.24) is 0 Å². The van der Waals surface area contributed by atoms with E-state index in [0.29, 0.717) is 0 Å². The van der Waals surface area contributed by atoms with Gasteiger partial charge in [-0.15, -0.1) is 0 Å². The lowest BCUT2D eigenvalue weighted by molar-refractivity contribution is -0.478. The molecular formula is C28H37F21O11S2. The molecule has 0 rings (SSSR count). The molecular weight excluding hydrogens is 975 g/mol. The number of hydrogen-bond acceptors (Lipinski definition) is 11. The van der Waals surface area contributed by atoms with E-state index < -0.39 is 154 Å². The SMILES string of the molecule is COC(F)(C(F)(F)F)C(F)(F)OC(CS(=O)(=O)CC(C)COC(C)COCCOCC(C)CS(=O)(=O)CC(OC(F)(F)C(F)(OCC(F)(F)F)C(F)(F)F)C(F)(F)F)C(F)(F)F. The summed E-state index contributed by atoms with van der Waals surface area (Å²) in [6.45, 7) is -2.47. The number of alkyl halides is 21. The van der Waals surface area contributed by atoms with E-state index in [0.717, 1.165) is 13.8 Å². The molecule has 0 radical (unpaired) electrons. The summed E-state index contributed by atoms with van der Waals surface area (Å²) >= 11 is 0. The molecule has 0 amide bonds. The van der Waals surface area contributed by atoms with Gasteiger partial charge in [-0.2, -0.15) is 92.2 Å². The van der Waals surface area contributed by atoms with Gasteiger partial charge in [-0.1, -0.05) is 13.8 Å². The van der Waals surface area contributed by atoms with Crippen LogP contribution in [0.1, 0.15) is 20.8 Å². The second kappa shape index (κ2) is 21.6. The molecule has 0 N–H and O–H groups in total. The largest absolute Gasteiger partial charge is 0.457 e. The van der Waals surface area contributed by atoms with E-state index in [2.05, 4.69) is 18.9 Å². The second-order valence-corrected chi connectivity index (χ2v) is 17.6. The highest BCUT2D eigenvalue weighted by Crippen LogP contribution is 2.50. The fourth-order valence-electron chi connectivity index (χ4n) is 4.40. The van der Waals surface area contributed by atoms with Crippen molar-refractivity contribution in [2.45, 2.75) is 93.9 Å². The molecule has 34 heteroatoms. The molecule has 0 aliphatic heterocycles. The topological polar surface area (TPSA) is 133 Å². The molecule has 0 aliphatic carbocycles. The summed E-state index contributed by atoms with van der Waals surface area (Å²) in [5.74, 6) is -23.1. The number of methoxy groups -OCH3 is 1. The number of hydrogen-bond donors (Lipinski definition) is 0. The highest BCUT2D eigenvalue weighted by atomic mass is 32.2. The molecule has 11 nitrogen and oxygen atoms in total. The van der Waals surface area contributed by atoms with Crippen LogP contribution in [0.25, 0.3) is 0 Å². The fraction of sp³-hybridized carbons (Fsp3) is 1.00. The van der Waals surface area contributed by atoms with E-state index in [4.69, 9.17) is 14.2 Å². The third-order valence-electron chi connectivity index (χ3n) is 7.18. The molecule has 0 saturated heterocycles. The van der Waals surface area contributed by atoms with Gasteiger partial charge in [0.05, 0.1) is 62.1 Å². The molecule has 0 bridgehead atoms. The van der Waals surface area contributed by atoms with Gasteiger partial charge in [0.25, 0.3) is 0 Å². The highest BCUT2D eigenvalue weighted by molar-refractivity contribution is 7.91. The van der Waals surface area contributed by atoms with Crippen LogP contribution in [0, 0.1) is 11.8 Å². The van der Waals surface area contributed by atoms with Gasteiger partial charge in [-0.3, -0.25) is 0 Å². The lowest BCUT2D eigenvalue weighted by atomic mass is 10.2. The fourth-order valence-corrected chi connectivity index (χ4v) is 8.04. The van der Waals surface area contributed by atoms with Crippen LogP contribution in [0.2, 0.25) is 0 Å². The first kappa shape index (κ1) is 60.2. The normalized spacial score (nSPS) is 19.0. The Bertz CT molecular complexity index is 1590. The van der Waals surface area contributed by atoms with E-state index in [1.165, 1.54) is 6.92 Å². The van der Waals surface area contributed by atoms with Crippen LogP contribution < -0.4 is 0 Å². The Labute approximate surface area is 337 Å². The maximum Gasteiger partial charge on any atom is 0.457 e. The van der Waals surface area contributed by atoms with Gasteiger partial charge in [0, 0.05) is 7.11 Å². The Balaban J connectivity index is 5.13. The third kappa shape index (κ3) is 18.9. The van der Waals surface area contributed by atoms with E-state index >= 15 is 0 Å². The van der Waals surface area contributed by atoms with Gasteiger partial charge in [0.1, 0.15) is 6.61 Å². The van der Waals surface area contributed by atoms with Gasteiger partial charge in [-0.05, 0) is 18.8 Å². The van der Waals surface area contributed by atoms with Crippen molar-refractivity contribution in [2.24, 2.45) is 11.8 Å². The molecule has 0 saturated carbocycles. The zero-order valence-corrected chi connectivity index (χ0v) is 33.3. The van der Waals surface area contributed by atoms with Crippen molar-refractivity contribution in [1.29, 1.82) is 0 Å². The first-order valence-corrected chi connectivity index (χ1v) is 20.1. The van der Waals surface area contributed by atoms with Gasteiger partial charge in [0.15, 0.2) is 31.9 Å². The maximum atomic E-state index is 14.2. The summed E-state index contributed by atoms with van der Waals surface area (Å²) in [6, 6.07) is 0. The Morgan fingerprint density at radius 2 is 0.839 bits per heavy atom. The van der Waals surface area contributed by atoms with Gasteiger partial charge < -0.3 is 33.2 Å². The Kier molecular flexibility index (Phi) is 21.0. The van der Waals surface area contributed by atoms with Gasteiger partial charge in [0.2, 0.25) is 0 Å². The summed E-state index contributed by atoms with van der Waals surface area (Å²) < 4.78 is 354. The van der Waals surface area contributed by atoms with Crippen LogP contribution in [0.4, 0.5) is 92.2 Å². The van der Waals surface area contributed by atoms with Crippen molar-refractivity contribution in [3.63, 3.8) is 0 Å². The van der Waals surface area contributed by atoms with Crippen LogP contribution in [-0.2, 0) is 52.8 Å². The molecule has 7 unspecified atom stereocenters. The predicted octanol–water partition coefficient (Wildman–Crippen LogP) is 7.29. The van der Waals surface area contributed by atoms with E-state index in [-0.39, 0.29) is 20.3 Å². The van der Waals surface area contributed by atoms with E-state index in [1.807, 2.05) is 0 Å². The van der Waals surface area contributed by atoms with Crippen molar-refractivity contribution in [2.75, 3.05) is 69.8 Å². The first-order valence-electron chi connectivity index (χ1n) is 16.5. The van der Waals surface area contributed by atoms with Crippen LogP contribution in [-0.4, -0.2) is 160 Å². The van der Waals surface area contributed by atoms with Crippen molar-refractivity contribution in [3.05, 3.63) is 0 Å².